The lowest BCUT2D eigenvalue weighted by Crippen LogP contribution is -2.12. The van der Waals surface area contributed by atoms with Crippen molar-refractivity contribution in [1.29, 1.82) is 0 Å². The first kappa shape index (κ1) is 14.6. The van der Waals surface area contributed by atoms with E-state index in [0.717, 1.165) is 0 Å². The summed E-state index contributed by atoms with van der Waals surface area (Å²) >= 11 is 0. The fourth-order valence-electron chi connectivity index (χ4n) is 1.86. The minimum Gasteiger partial charge on any atom is -0.496 e. The Bertz CT molecular complexity index is 663. The van der Waals surface area contributed by atoms with Gasteiger partial charge < -0.3 is 14.2 Å². The van der Waals surface area contributed by atoms with E-state index in [2.05, 4.69) is 0 Å². The van der Waals surface area contributed by atoms with Crippen LogP contribution in [0.25, 0.3) is 0 Å². The van der Waals surface area contributed by atoms with Crippen LogP contribution in [0, 0.1) is 0 Å². The molecule has 0 atom stereocenters. The van der Waals surface area contributed by atoms with E-state index in [-0.39, 0.29) is 16.9 Å². The van der Waals surface area contributed by atoms with Crippen molar-refractivity contribution in [3.63, 3.8) is 0 Å². The molecule has 2 aromatic carbocycles. The largest absolute Gasteiger partial charge is 0.496 e. The number of hydrogen-bond acceptors (Lipinski definition) is 5. The van der Waals surface area contributed by atoms with E-state index in [0.29, 0.717) is 17.8 Å². The standard InChI is InChI=1S/C16H14O5/c1-19-13-8-4-3-7-12(13)16(18)21-15-11(10-17)6-5-9-14(15)20-2/h3-10H,1-2H3. The topological polar surface area (TPSA) is 61.8 Å². The van der Waals surface area contributed by atoms with E-state index >= 15 is 0 Å². The second-order valence-electron chi connectivity index (χ2n) is 4.09. The summed E-state index contributed by atoms with van der Waals surface area (Å²) < 4.78 is 15.5. The second kappa shape index (κ2) is 6.56. The van der Waals surface area contributed by atoms with Gasteiger partial charge in [-0.2, -0.15) is 0 Å². The highest BCUT2D eigenvalue weighted by molar-refractivity contribution is 5.95. The van der Waals surface area contributed by atoms with Gasteiger partial charge in [0.15, 0.2) is 17.8 Å². The molecule has 0 unspecified atom stereocenters. The number of esters is 1. The minimum absolute atomic E-state index is 0.0888. The van der Waals surface area contributed by atoms with Gasteiger partial charge in [0.1, 0.15) is 11.3 Å². The third-order valence-electron chi connectivity index (χ3n) is 2.88. The SMILES string of the molecule is COc1ccccc1C(=O)Oc1c(C=O)cccc1OC. The Kier molecular flexibility index (Phi) is 4.56. The molecule has 5 nitrogen and oxygen atoms in total. The van der Waals surface area contributed by atoms with Crippen LogP contribution in [-0.2, 0) is 0 Å². The van der Waals surface area contributed by atoms with E-state index < -0.39 is 5.97 Å². The molecular weight excluding hydrogens is 272 g/mol. The van der Waals surface area contributed by atoms with Gasteiger partial charge in [-0.3, -0.25) is 4.79 Å². The third kappa shape index (κ3) is 3.02. The van der Waals surface area contributed by atoms with Crippen molar-refractivity contribution in [2.45, 2.75) is 0 Å². The maximum absolute atomic E-state index is 12.3. The van der Waals surface area contributed by atoms with Crippen LogP contribution in [0.4, 0.5) is 0 Å². The Morgan fingerprint density at radius 1 is 0.952 bits per heavy atom. The van der Waals surface area contributed by atoms with Crippen LogP contribution >= 0.6 is 0 Å². The molecule has 0 N–H and O–H groups in total. The predicted octanol–water partition coefficient (Wildman–Crippen LogP) is 2.74. The molecule has 0 aliphatic heterocycles. The quantitative estimate of drug-likeness (QED) is 0.480. The number of ether oxygens (including phenoxy) is 3. The van der Waals surface area contributed by atoms with Crippen molar-refractivity contribution >= 4 is 12.3 Å². The van der Waals surface area contributed by atoms with Crippen LogP contribution in [0.15, 0.2) is 42.5 Å². The zero-order valence-corrected chi connectivity index (χ0v) is 11.7. The summed E-state index contributed by atoms with van der Waals surface area (Å²) in [5.74, 6) is 0.166. The summed E-state index contributed by atoms with van der Waals surface area (Å²) in [6, 6.07) is 11.5. The van der Waals surface area contributed by atoms with Gasteiger partial charge in [-0.15, -0.1) is 0 Å². The summed E-state index contributed by atoms with van der Waals surface area (Å²) in [5.41, 5.74) is 0.500. The molecule has 0 aliphatic rings. The average Bonchev–Trinajstić information content (AvgIpc) is 2.54. The fraction of sp³-hybridized carbons (Fsp3) is 0.125. The van der Waals surface area contributed by atoms with E-state index in [1.807, 2.05) is 0 Å². The highest BCUT2D eigenvalue weighted by Gasteiger charge is 2.18. The number of aldehydes is 1. The van der Waals surface area contributed by atoms with Gasteiger partial charge in [-0.25, -0.2) is 4.79 Å². The summed E-state index contributed by atoms with van der Waals surface area (Å²) in [7, 11) is 2.90. The molecule has 0 bridgehead atoms. The summed E-state index contributed by atoms with van der Waals surface area (Å²) in [6.07, 6.45) is 0.605. The lowest BCUT2D eigenvalue weighted by atomic mass is 10.2. The zero-order chi connectivity index (χ0) is 15.2. The molecule has 0 spiro atoms. The van der Waals surface area contributed by atoms with Crippen molar-refractivity contribution in [3.8, 4) is 17.2 Å². The number of para-hydroxylation sites is 2. The van der Waals surface area contributed by atoms with Crippen LogP contribution in [0.2, 0.25) is 0 Å². The van der Waals surface area contributed by atoms with Crippen molar-refractivity contribution in [2.24, 2.45) is 0 Å². The highest BCUT2D eigenvalue weighted by Crippen LogP contribution is 2.31. The van der Waals surface area contributed by atoms with Gasteiger partial charge in [0.05, 0.1) is 19.8 Å². The molecule has 0 aliphatic carbocycles. The molecule has 0 radical (unpaired) electrons. The maximum atomic E-state index is 12.3. The summed E-state index contributed by atoms with van der Waals surface area (Å²) in [5, 5.41) is 0. The Morgan fingerprint density at radius 3 is 2.29 bits per heavy atom. The second-order valence-corrected chi connectivity index (χ2v) is 4.09. The van der Waals surface area contributed by atoms with Gasteiger partial charge in [-0.1, -0.05) is 18.2 Å². The van der Waals surface area contributed by atoms with Crippen molar-refractivity contribution < 1.29 is 23.8 Å². The molecular formula is C16H14O5. The molecule has 0 amide bonds. The Labute approximate surface area is 122 Å². The van der Waals surface area contributed by atoms with E-state index in [1.165, 1.54) is 14.2 Å². The smallest absolute Gasteiger partial charge is 0.347 e. The van der Waals surface area contributed by atoms with Gasteiger partial charge in [-0.05, 0) is 24.3 Å². The van der Waals surface area contributed by atoms with E-state index in [9.17, 15) is 9.59 Å². The van der Waals surface area contributed by atoms with Crippen LogP contribution in [0.5, 0.6) is 17.2 Å². The first-order chi connectivity index (χ1) is 10.2. The molecule has 108 valence electrons. The molecule has 5 heteroatoms. The Morgan fingerprint density at radius 2 is 1.62 bits per heavy atom. The first-order valence-corrected chi connectivity index (χ1v) is 6.18. The molecule has 0 saturated carbocycles. The van der Waals surface area contributed by atoms with E-state index in [1.54, 1.807) is 42.5 Å². The molecule has 0 saturated heterocycles. The molecule has 2 aromatic rings. The Hall–Kier alpha value is -2.82. The number of carbonyl (C=O) groups excluding carboxylic acids is 2. The van der Waals surface area contributed by atoms with Crippen LogP contribution < -0.4 is 14.2 Å². The Balaban J connectivity index is 2.38. The molecule has 0 fully saturated rings. The predicted molar refractivity (Wildman–Crippen MR) is 76.3 cm³/mol. The van der Waals surface area contributed by atoms with Crippen LogP contribution in [0.3, 0.4) is 0 Å². The first-order valence-electron chi connectivity index (χ1n) is 6.18. The third-order valence-corrected chi connectivity index (χ3v) is 2.88. The van der Waals surface area contributed by atoms with Crippen molar-refractivity contribution in [2.75, 3.05) is 14.2 Å². The average molecular weight is 286 g/mol. The van der Waals surface area contributed by atoms with E-state index in [4.69, 9.17) is 14.2 Å². The normalized spacial score (nSPS) is 9.81. The van der Waals surface area contributed by atoms with Crippen molar-refractivity contribution in [3.05, 3.63) is 53.6 Å². The summed E-state index contributed by atoms with van der Waals surface area (Å²) in [6.45, 7) is 0. The molecule has 21 heavy (non-hydrogen) atoms. The molecule has 0 heterocycles. The number of hydrogen-bond donors (Lipinski definition) is 0. The lowest BCUT2D eigenvalue weighted by Gasteiger charge is -2.12. The van der Waals surface area contributed by atoms with Gasteiger partial charge in [0, 0.05) is 0 Å². The number of methoxy groups -OCH3 is 2. The monoisotopic (exact) mass is 286 g/mol. The van der Waals surface area contributed by atoms with Gasteiger partial charge >= 0.3 is 5.97 Å². The van der Waals surface area contributed by atoms with Gasteiger partial charge in [0.2, 0.25) is 0 Å². The van der Waals surface area contributed by atoms with Crippen molar-refractivity contribution in [1.82, 2.24) is 0 Å². The molecule has 2 rings (SSSR count). The number of carbonyl (C=O) groups is 2. The number of rotatable bonds is 5. The fourth-order valence-corrected chi connectivity index (χ4v) is 1.86. The van der Waals surface area contributed by atoms with Crippen LogP contribution in [0.1, 0.15) is 20.7 Å². The number of benzene rings is 2. The highest BCUT2D eigenvalue weighted by atomic mass is 16.6. The zero-order valence-electron chi connectivity index (χ0n) is 11.7. The van der Waals surface area contributed by atoms with Crippen LogP contribution in [-0.4, -0.2) is 26.5 Å². The maximum Gasteiger partial charge on any atom is 0.347 e. The lowest BCUT2D eigenvalue weighted by molar-refractivity contribution is 0.0725. The van der Waals surface area contributed by atoms with Gasteiger partial charge in [0.25, 0.3) is 0 Å². The minimum atomic E-state index is -0.625. The molecule has 0 aromatic heterocycles. The summed E-state index contributed by atoms with van der Waals surface area (Å²) in [4.78, 5) is 23.3.